The van der Waals surface area contributed by atoms with E-state index in [0.717, 1.165) is 11.3 Å². The number of rotatable bonds is 1. The summed E-state index contributed by atoms with van der Waals surface area (Å²) in [6.07, 6.45) is 0. The molecule has 3 atom stereocenters. The Bertz CT molecular complexity index is 399. The molecule has 1 fully saturated rings. The zero-order valence-corrected chi connectivity index (χ0v) is 7.51. The normalized spacial score (nSPS) is 32.4. The Hall–Kier alpha value is -1.51. The maximum atomic E-state index is 10.9. The molecule has 1 aliphatic carbocycles. The second kappa shape index (κ2) is 2.50. The fourth-order valence-electron chi connectivity index (χ4n) is 2.42. The smallest absolute Gasteiger partial charge is 0.307 e. The van der Waals surface area contributed by atoms with Crippen molar-refractivity contribution in [3.63, 3.8) is 0 Å². The summed E-state index contributed by atoms with van der Waals surface area (Å²) < 4.78 is 5.49. The first-order chi connectivity index (χ1) is 6.79. The molecule has 3 rings (SSSR count). The van der Waals surface area contributed by atoms with Crippen LogP contribution in [0.15, 0.2) is 24.3 Å². The standard InChI is InChI=1S/C11H10O3/c12-11(13)10-7-5-14-8-4-2-1-3-6(8)9(7)10/h1-4,7,9-10H,5H2,(H,12,13)/t7-,9+,10-/m0/s1. The Morgan fingerprint density at radius 2 is 2.21 bits per heavy atom. The van der Waals surface area contributed by atoms with Crippen LogP contribution in [-0.4, -0.2) is 17.7 Å². The van der Waals surface area contributed by atoms with Gasteiger partial charge in [0.25, 0.3) is 0 Å². The molecule has 3 nitrogen and oxygen atoms in total. The molecule has 0 bridgehead atoms. The van der Waals surface area contributed by atoms with Crippen LogP contribution in [0.1, 0.15) is 11.5 Å². The predicted octanol–water partition coefficient (Wildman–Crippen LogP) is 1.49. The number of hydrogen-bond donors (Lipinski definition) is 1. The molecule has 72 valence electrons. The van der Waals surface area contributed by atoms with E-state index < -0.39 is 5.97 Å². The van der Waals surface area contributed by atoms with Crippen LogP contribution >= 0.6 is 0 Å². The molecule has 1 N–H and O–H groups in total. The Morgan fingerprint density at radius 3 is 3.00 bits per heavy atom. The van der Waals surface area contributed by atoms with E-state index in [1.54, 1.807) is 0 Å². The number of hydrogen-bond acceptors (Lipinski definition) is 2. The first-order valence-electron chi connectivity index (χ1n) is 4.73. The number of ether oxygens (including phenoxy) is 1. The summed E-state index contributed by atoms with van der Waals surface area (Å²) in [7, 11) is 0. The Kier molecular flexibility index (Phi) is 1.40. The second-order valence-electron chi connectivity index (χ2n) is 3.90. The lowest BCUT2D eigenvalue weighted by molar-refractivity contribution is -0.139. The van der Waals surface area contributed by atoms with Crippen molar-refractivity contribution in [1.29, 1.82) is 0 Å². The largest absolute Gasteiger partial charge is 0.493 e. The summed E-state index contributed by atoms with van der Waals surface area (Å²) in [4.78, 5) is 10.9. The highest BCUT2D eigenvalue weighted by molar-refractivity contribution is 5.77. The molecule has 0 amide bonds. The molecule has 0 spiro atoms. The van der Waals surface area contributed by atoms with Gasteiger partial charge in [0.05, 0.1) is 12.5 Å². The van der Waals surface area contributed by atoms with Crippen LogP contribution in [0.4, 0.5) is 0 Å². The Morgan fingerprint density at radius 1 is 1.43 bits per heavy atom. The number of fused-ring (bicyclic) bond motifs is 3. The summed E-state index contributed by atoms with van der Waals surface area (Å²) in [6, 6.07) is 7.72. The van der Waals surface area contributed by atoms with E-state index in [2.05, 4.69) is 0 Å². The molecule has 3 heteroatoms. The van der Waals surface area contributed by atoms with E-state index in [4.69, 9.17) is 9.84 Å². The van der Waals surface area contributed by atoms with Gasteiger partial charge < -0.3 is 9.84 Å². The fraction of sp³-hybridized carbons (Fsp3) is 0.364. The van der Waals surface area contributed by atoms with Crippen molar-refractivity contribution in [2.24, 2.45) is 11.8 Å². The fourth-order valence-corrected chi connectivity index (χ4v) is 2.42. The number of carboxylic acid groups (broad SMARTS) is 1. The molecule has 1 aliphatic heterocycles. The number of aliphatic carboxylic acids is 1. The van der Waals surface area contributed by atoms with Crippen LogP contribution in [0.5, 0.6) is 5.75 Å². The van der Waals surface area contributed by atoms with Crippen LogP contribution in [0.2, 0.25) is 0 Å². The van der Waals surface area contributed by atoms with Crippen LogP contribution in [0, 0.1) is 11.8 Å². The lowest BCUT2D eigenvalue weighted by Gasteiger charge is -2.15. The van der Waals surface area contributed by atoms with Gasteiger partial charge >= 0.3 is 5.97 Å². The van der Waals surface area contributed by atoms with Gasteiger partial charge in [-0.2, -0.15) is 0 Å². The number of para-hydroxylation sites is 1. The topological polar surface area (TPSA) is 46.5 Å². The number of carboxylic acids is 1. The highest BCUT2D eigenvalue weighted by atomic mass is 16.5. The van der Waals surface area contributed by atoms with E-state index in [1.165, 1.54) is 0 Å². The zero-order valence-electron chi connectivity index (χ0n) is 7.51. The molecule has 0 aromatic heterocycles. The van der Waals surface area contributed by atoms with Crippen molar-refractivity contribution < 1.29 is 14.6 Å². The van der Waals surface area contributed by atoms with Gasteiger partial charge in [0, 0.05) is 11.8 Å². The number of benzene rings is 1. The molecule has 1 saturated carbocycles. The summed E-state index contributed by atoms with van der Waals surface area (Å²) in [6.45, 7) is 0.554. The van der Waals surface area contributed by atoms with Gasteiger partial charge in [0.1, 0.15) is 5.75 Å². The van der Waals surface area contributed by atoms with E-state index in [9.17, 15) is 4.79 Å². The molecule has 1 aromatic rings. The second-order valence-corrected chi connectivity index (χ2v) is 3.90. The summed E-state index contributed by atoms with van der Waals surface area (Å²) >= 11 is 0. The molecular formula is C11H10O3. The maximum Gasteiger partial charge on any atom is 0.307 e. The molecule has 1 heterocycles. The maximum absolute atomic E-state index is 10.9. The van der Waals surface area contributed by atoms with Crippen molar-refractivity contribution in [2.45, 2.75) is 5.92 Å². The molecular weight excluding hydrogens is 180 g/mol. The van der Waals surface area contributed by atoms with Gasteiger partial charge in [-0.25, -0.2) is 0 Å². The third-order valence-corrected chi connectivity index (χ3v) is 3.16. The van der Waals surface area contributed by atoms with Gasteiger partial charge in [-0.15, -0.1) is 0 Å². The molecule has 0 radical (unpaired) electrons. The van der Waals surface area contributed by atoms with Crippen molar-refractivity contribution in [3.05, 3.63) is 29.8 Å². The quantitative estimate of drug-likeness (QED) is 0.729. The van der Waals surface area contributed by atoms with Crippen molar-refractivity contribution >= 4 is 5.97 Å². The Balaban J connectivity index is 2.00. The number of carbonyl (C=O) groups is 1. The highest BCUT2D eigenvalue weighted by Gasteiger charge is 2.58. The van der Waals surface area contributed by atoms with Gasteiger partial charge in [-0.1, -0.05) is 18.2 Å². The predicted molar refractivity (Wildman–Crippen MR) is 49.3 cm³/mol. The van der Waals surface area contributed by atoms with Gasteiger partial charge in [0.2, 0.25) is 0 Å². The van der Waals surface area contributed by atoms with Crippen molar-refractivity contribution in [2.75, 3.05) is 6.61 Å². The average molecular weight is 190 g/mol. The monoisotopic (exact) mass is 190 g/mol. The van der Waals surface area contributed by atoms with Crippen LogP contribution < -0.4 is 4.74 Å². The van der Waals surface area contributed by atoms with Crippen LogP contribution in [0.25, 0.3) is 0 Å². The van der Waals surface area contributed by atoms with Gasteiger partial charge in [-0.3, -0.25) is 4.79 Å². The minimum atomic E-state index is -0.694. The minimum absolute atomic E-state index is 0.192. The molecule has 14 heavy (non-hydrogen) atoms. The zero-order chi connectivity index (χ0) is 9.71. The Labute approximate surface area is 81.3 Å². The van der Waals surface area contributed by atoms with E-state index in [-0.39, 0.29) is 17.8 Å². The van der Waals surface area contributed by atoms with Gasteiger partial charge in [-0.05, 0) is 11.6 Å². The molecule has 2 aliphatic rings. The van der Waals surface area contributed by atoms with Crippen LogP contribution in [0.3, 0.4) is 0 Å². The highest BCUT2D eigenvalue weighted by Crippen LogP contribution is 2.58. The van der Waals surface area contributed by atoms with Crippen LogP contribution in [-0.2, 0) is 4.79 Å². The third-order valence-electron chi connectivity index (χ3n) is 3.16. The van der Waals surface area contributed by atoms with E-state index >= 15 is 0 Å². The van der Waals surface area contributed by atoms with E-state index in [1.807, 2.05) is 24.3 Å². The van der Waals surface area contributed by atoms with E-state index in [0.29, 0.717) is 6.61 Å². The molecule has 1 aromatic carbocycles. The lowest BCUT2D eigenvalue weighted by Crippen LogP contribution is -2.08. The third kappa shape index (κ3) is 0.895. The average Bonchev–Trinajstić information content (AvgIpc) is 2.92. The van der Waals surface area contributed by atoms with Gasteiger partial charge in [0.15, 0.2) is 0 Å². The minimum Gasteiger partial charge on any atom is -0.493 e. The van der Waals surface area contributed by atoms with Crippen molar-refractivity contribution in [1.82, 2.24) is 0 Å². The molecule has 0 saturated heterocycles. The first kappa shape index (κ1) is 7.85. The summed E-state index contributed by atoms with van der Waals surface area (Å²) in [5.41, 5.74) is 1.07. The molecule has 0 unspecified atom stereocenters. The van der Waals surface area contributed by atoms with Crippen molar-refractivity contribution in [3.8, 4) is 5.75 Å². The lowest BCUT2D eigenvalue weighted by atomic mass is 10.1. The first-order valence-corrected chi connectivity index (χ1v) is 4.73. The summed E-state index contributed by atoms with van der Waals surface area (Å²) in [5.74, 6) is 0.330. The SMILES string of the molecule is O=C(O)[C@H]1[C@H]2COc3ccccc3[C@H]21. The summed E-state index contributed by atoms with van der Waals surface area (Å²) in [5, 5.41) is 8.95.